The Kier molecular flexibility index (Phi) is 4.18. The van der Waals surface area contributed by atoms with Crippen LogP contribution < -0.4 is 0 Å². The van der Waals surface area contributed by atoms with E-state index < -0.39 is 5.60 Å². The van der Waals surface area contributed by atoms with Crippen molar-refractivity contribution in [2.24, 2.45) is 0 Å². The van der Waals surface area contributed by atoms with Gasteiger partial charge in [-0.15, -0.1) is 0 Å². The van der Waals surface area contributed by atoms with Gasteiger partial charge in [-0.3, -0.25) is 4.79 Å². The van der Waals surface area contributed by atoms with Gasteiger partial charge in [-0.05, 0) is 37.3 Å². The molecule has 0 N–H and O–H groups in total. The van der Waals surface area contributed by atoms with E-state index in [0.29, 0.717) is 13.0 Å². The zero-order chi connectivity index (χ0) is 13.0. The van der Waals surface area contributed by atoms with Crippen molar-refractivity contribution in [3.8, 4) is 0 Å². The number of rotatable bonds is 5. The second-order valence-electron chi connectivity index (χ2n) is 5.05. The molecule has 1 aromatic rings. The van der Waals surface area contributed by atoms with Gasteiger partial charge in [0.25, 0.3) is 0 Å². The second-order valence-corrected chi connectivity index (χ2v) is 5.05. The third-order valence-electron chi connectivity index (χ3n) is 3.80. The summed E-state index contributed by atoms with van der Waals surface area (Å²) >= 11 is 0. The fraction of sp³-hybridized carbons (Fsp3) is 0.562. The summed E-state index contributed by atoms with van der Waals surface area (Å²) in [6, 6.07) is 8.41. The molecule has 2 heteroatoms. The lowest BCUT2D eigenvalue weighted by Crippen LogP contribution is -2.46. The molecule has 0 aliphatic heterocycles. The van der Waals surface area contributed by atoms with E-state index in [4.69, 9.17) is 4.74 Å². The van der Waals surface area contributed by atoms with Crippen molar-refractivity contribution >= 4 is 5.78 Å². The van der Waals surface area contributed by atoms with Crippen LogP contribution in [0.15, 0.2) is 24.3 Å². The van der Waals surface area contributed by atoms with E-state index in [1.54, 1.807) is 0 Å². The Morgan fingerprint density at radius 1 is 1.28 bits per heavy atom. The molecule has 0 amide bonds. The predicted octanol–water partition coefficient (Wildman–Crippen LogP) is 3.32. The summed E-state index contributed by atoms with van der Waals surface area (Å²) in [5.74, 6) is 0.279. The van der Waals surface area contributed by atoms with Gasteiger partial charge >= 0.3 is 0 Å². The Morgan fingerprint density at radius 3 is 2.67 bits per heavy atom. The van der Waals surface area contributed by atoms with Crippen LogP contribution >= 0.6 is 0 Å². The first kappa shape index (κ1) is 13.3. The lowest BCUT2D eigenvalue weighted by molar-refractivity contribution is -0.146. The van der Waals surface area contributed by atoms with Crippen molar-refractivity contribution in [3.05, 3.63) is 35.4 Å². The zero-order valence-electron chi connectivity index (χ0n) is 11.4. The normalized spacial score (nSPS) is 22.6. The van der Waals surface area contributed by atoms with E-state index in [2.05, 4.69) is 18.2 Å². The molecule has 0 heterocycles. The fourth-order valence-electron chi connectivity index (χ4n) is 2.88. The molecule has 1 aromatic carbocycles. The molecule has 1 atom stereocenters. The van der Waals surface area contributed by atoms with Crippen LogP contribution in [0.4, 0.5) is 0 Å². The molecule has 2 rings (SSSR count). The van der Waals surface area contributed by atoms with Gasteiger partial charge in [-0.2, -0.15) is 0 Å². The molecular weight excluding hydrogens is 224 g/mol. The largest absolute Gasteiger partial charge is 0.367 e. The summed E-state index contributed by atoms with van der Waals surface area (Å²) in [7, 11) is 0. The summed E-state index contributed by atoms with van der Waals surface area (Å²) in [6.45, 7) is 4.63. The average molecular weight is 246 g/mol. The first-order chi connectivity index (χ1) is 8.72. The van der Waals surface area contributed by atoms with E-state index in [1.807, 2.05) is 19.9 Å². The summed E-state index contributed by atoms with van der Waals surface area (Å²) in [5, 5.41) is 0. The van der Waals surface area contributed by atoms with Gasteiger partial charge in [0.1, 0.15) is 5.60 Å². The van der Waals surface area contributed by atoms with E-state index in [1.165, 1.54) is 11.1 Å². The minimum Gasteiger partial charge on any atom is -0.367 e. The third kappa shape index (κ3) is 2.49. The molecule has 18 heavy (non-hydrogen) atoms. The van der Waals surface area contributed by atoms with Gasteiger partial charge in [0.15, 0.2) is 5.78 Å². The minimum absolute atomic E-state index is 0.279. The lowest BCUT2D eigenvalue weighted by Gasteiger charge is -2.36. The molecule has 0 aromatic heterocycles. The third-order valence-corrected chi connectivity index (χ3v) is 3.80. The van der Waals surface area contributed by atoms with Crippen LogP contribution in [0.2, 0.25) is 0 Å². The Labute approximate surface area is 109 Å². The average Bonchev–Trinajstić information content (AvgIpc) is 2.39. The van der Waals surface area contributed by atoms with Gasteiger partial charge in [0, 0.05) is 19.4 Å². The summed E-state index contributed by atoms with van der Waals surface area (Å²) < 4.78 is 5.89. The minimum atomic E-state index is -0.556. The molecule has 0 saturated heterocycles. The maximum Gasteiger partial charge on any atom is 0.164 e. The van der Waals surface area contributed by atoms with Gasteiger partial charge in [-0.25, -0.2) is 0 Å². The molecule has 0 saturated carbocycles. The van der Waals surface area contributed by atoms with E-state index >= 15 is 0 Å². The number of aryl methyl sites for hydroxylation is 1. The molecule has 0 spiro atoms. The molecule has 2 nitrogen and oxygen atoms in total. The quantitative estimate of drug-likeness (QED) is 0.796. The first-order valence-electron chi connectivity index (χ1n) is 6.96. The maximum atomic E-state index is 12.4. The van der Waals surface area contributed by atoms with E-state index in [9.17, 15) is 4.79 Å². The SMILES string of the molecule is CCCC(=O)C1(OCC)CCc2ccccc2C1. The molecule has 1 aliphatic carbocycles. The van der Waals surface area contributed by atoms with Gasteiger partial charge in [0.05, 0.1) is 0 Å². The highest BCUT2D eigenvalue weighted by Crippen LogP contribution is 2.33. The predicted molar refractivity (Wildman–Crippen MR) is 72.7 cm³/mol. The maximum absolute atomic E-state index is 12.4. The second kappa shape index (κ2) is 5.66. The van der Waals surface area contributed by atoms with Crippen molar-refractivity contribution in [1.29, 1.82) is 0 Å². The van der Waals surface area contributed by atoms with Crippen molar-refractivity contribution in [1.82, 2.24) is 0 Å². The highest BCUT2D eigenvalue weighted by Gasteiger charge is 2.40. The van der Waals surface area contributed by atoms with Crippen LogP contribution in [0, 0.1) is 0 Å². The number of hydrogen-bond donors (Lipinski definition) is 0. The van der Waals surface area contributed by atoms with Crippen LogP contribution in [0.25, 0.3) is 0 Å². The number of ether oxygens (including phenoxy) is 1. The van der Waals surface area contributed by atoms with Gasteiger partial charge in [0.2, 0.25) is 0 Å². The molecule has 1 aliphatic rings. The Bertz CT molecular complexity index is 425. The summed E-state index contributed by atoms with van der Waals surface area (Å²) in [5.41, 5.74) is 2.10. The molecule has 1 unspecified atom stereocenters. The Balaban J connectivity index is 2.26. The van der Waals surface area contributed by atoms with E-state index in [-0.39, 0.29) is 5.78 Å². The number of ketones is 1. The Hall–Kier alpha value is -1.15. The number of hydrogen-bond acceptors (Lipinski definition) is 2. The molecule has 0 bridgehead atoms. The molecule has 0 radical (unpaired) electrons. The van der Waals surface area contributed by atoms with E-state index in [0.717, 1.165) is 25.7 Å². The highest BCUT2D eigenvalue weighted by molar-refractivity contribution is 5.88. The van der Waals surface area contributed by atoms with Crippen molar-refractivity contribution in [3.63, 3.8) is 0 Å². The number of carbonyl (C=O) groups is 1. The summed E-state index contributed by atoms with van der Waals surface area (Å²) in [6.07, 6.45) is 4.05. The zero-order valence-corrected chi connectivity index (χ0v) is 11.4. The van der Waals surface area contributed by atoms with Crippen molar-refractivity contribution in [2.75, 3.05) is 6.61 Å². The fourth-order valence-corrected chi connectivity index (χ4v) is 2.88. The van der Waals surface area contributed by atoms with Gasteiger partial charge in [-0.1, -0.05) is 31.2 Å². The van der Waals surface area contributed by atoms with Crippen LogP contribution in [0.3, 0.4) is 0 Å². The van der Waals surface area contributed by atoms with Crippen LogP contribution in [-0.2, 0) is 22.4 Å². The topological polar surface area (TPSA) is 26.3 Å². The molecule has 0 fully saturated rings. The summed E-state index contributed by atoms with van der Waals surface area (Å²) in [4.78, 5) is 12.4. The first-order valence-corrected chi connectivity index (χ1v) is 6.96. The van der Waals surface area contributed by atoms with Crippen LogP contribution in [0.5, 0.6) is 0 Å². The smallest absolute Gasteiger partial charge is 0.164 e. The monoisotopic (exact) mass is 246 g/mol. The van der Waals surface area contributed by atoms with Gasteiger partial charge < -0.3 is 4.74 Å². The van der Waals surface area contributed by atoms with Crippen LogP contribution in [-0.4, -0.2) is 18.0 Å². The molecular formula is C16H22O2. The Morgan fingerprint density at radius 2 is 2.00 bits per heavy atom. The van der Waals surface area contributed by atoms with Crippen LogP contribution in [0.1, 0.15) is 44.2 Å². The number of carbonyl (C=O) groups excluding carboxylic acids is 1. The van der Waals surface area contributed by atoms with Crippen molar-refractivity contribution < 1.29 is 9.53 Å². The number of fused-ring (bicyclic) bond motifs is 1. The van der Waals surface area contributed by atoms with Crippen molar-refractivity contribution in [2.45, 2.75) is 51.6 Å². The highest BCUT2D eigenvalue weighted by atomic mass is 16.5. The molecule has 98 valence electrons. The lowest BCUT2D eigenvalue weighted by atomic mass is 9.77. The number of benzene rings is 1. The standard InChI is InChI=1S/C16H22O2/c1-3-7-15(17)16(18-4-2)11-10-13-8-5-6-9-14(13)12-16/h5-6,8-9H,3-4,7,10-12H2,1-2H3. The number of Topliss-reactive ketones (excluding diaryl/α,β-unsaturated/α-hetero) is 1.